The molecule has 2 fully saturated rings. The van der Waals surface area contributed by atoms with Crippen LogP contribution in [0.2, 0.25) is 0 Å². The molecule has 43 heavy (non-hydrogen) atoms. The summed E-state index contributed by atoms with van der Waals surface area (Å²) < 4.78 is 0. The molecule has 2 aromatic carbocycles. The number of phenols is 1. The Bertz CT molecular complexity index is 1570. The minimum atomic E-state index is -2.75. The second-order valence-electron chi connectivity index (χ2n) is 13.7. The number of primary amides is 1. The molecule has 2 aromatic rings. The highest BCUT2D eigenvalue weighted by Gasteiger charge is 2.69. The third-order valence-electron chi connectivity index (χ3n) is 9.58. The summed E-state index contributed by atoms with van der Waals surface area (Å²) in [6, 6.07) is 8.37. The summed E-state index contributed by atoms with van der Waals surface area (Å²) in [7, 11) is 6.77. The van der Waals surface area contributed by atoms with E-state index in [1.54, 1.807) is 14.1 Å². The Morgan fingerprint density at radius 1 is 1.00 bits per heavy atom. The minimum Gasteiger partial charge on any atom is -0.507 e. The number of likely N-dealkylation sites (N-methyl/N-ethyl adjacent to an activating group) is 1. The molecule has 6 atom stereocenters. The van der Waals surface area contributed by atoms with Crippen molar-refractivity contribution < 1.29 is 34.2 Å². The summed E-state index contributed by atoms with van der Waals surface area (Å²) >= 11 is 0. The molecule has 0 bridgehead atoms. The molecule has 4 N–H and O–H groups in total. The number of carbonyl (C=O) groups excluding carboxylic acids is 5. The number of fused-ring (bicyclic) bond motifs is 3. The van der Waals surface area contributed by atoms with Gasteiger partial charge in [0.1, 0.15) is 5.75 Å². The van der Waals surface area contributed by atoms with Crippen LogP contribution in [-0.4, -0.2) is 84.0 Å². The zero-order valence-electron chi connectivity index (χ0n) is 25.6. The first-order valence-electron chi connectivity index (χ1n) is 14.4. The van der Waals surface area contributed by atoms with E-state index in [2.05, 4.69) is 20.8 Å². The molecule has 3 aliphatic carbocycles. The number of anilines is 1. The van der Waals surface area contributed by atoms with Crippen molar-refractivity contribution in [1.82, 2.24) is 4.90 Å². The number of amides is 1. The van der Waals surface area contributed by atoms with E-state index < -0.39 is 64.4 Å². The molecule has 0 aromatic heterocycles. The molecule has 10 nitrogen and oxygen atoms in total. The summed E-state index contributed by atoms with van der Waals surface area (Å²) in [5.74, 6) is -10.6. The fourth-order valence-corrected chi connectivity index (χ4v) is 7.42. The maximum atomic E-state index is 14.3. The highest BCUT2D eigenvalue weighted by Crippen LogP contribution is 2.53. The first-order chi connectivity index (χ1) is 19.9. The van der Waals surface area contributed by atoms with Crippen molar-refractivity contribution in [3.05, 3.63) is 47.0 Å². The van der Waals surface area contributed by atoms with Gasteiger partial charge >= 0.3 is 0 Å². The maximum absolute atomic E-state index is 14.3. The number of aliphatic hydroxyl groups is 1. The predicted octanol–water partition coefficient (Wildman–Crippen LogP) is 1.90. The highest BCUT2D eigenvalue weighted by molar-refractivity contribution is 6.32. The van der Waals surface area contributed by atoms with Gasteiger partial charge in [-0.3, -0.25) is 28.9 Å². The lowest BCUT2D eigenvalue weighted by Gasteiger charge is -2.52. The molecular formula is C33H39N3O7. The summed E-state index contributed by atoms with van der Waals surface area (Å²) in [5, 5.41) is 23.4. The van der Waals surface area contributed by atoms with E-state index >= 15 is 0 Å². The highest BCUT2D eigenvalue weighted by atomic mass is 16.3. The van der Waals surface area contributed by atoms with Crippen molar-refractivity contribution in [1.29, 1.82) is 0 Å². The van der Waals surface area contributed by atoms with Gasteiger partial charge in [-0.1, -0.05) is 45.0 Å². The van der Waals surface area contributed by atoms with Crippen molar-refractivity contribution in [2.24, 2.45) is 29.4 Å². The normalized spacial score (nSPS) is 28.8. The van der Waals surface area contributed by atoms with Gasteiger partial charge in [-0.15, -0.1) is 0 Å². The topological polar surface area (TPSA) is 158 Å². The standard InChI is InChI=1S/C33H39N3O7/c1-32(2,3)17-10-8-15(9-11-17)18-14-21(35(4)5)19-12-16-13-20-25(36(6)7)28(39)24(31(34)42)30(41)33(20,43)29(40)22(16)27(38)23(19)26(18)37/h8-11,14,16,20,22,24-25,37,43H,12-13H2,1-7H3,(H2,34,42)/t16-,20-,22?,24?,25-,33-/m0/s1. The van der Waals surface area contributed by atoms with Gasteiger partial charge in [-0.05, 0) is 61.0 Å². The summed E-state index contributed by atoms with van der Waals surface area (Å²) in [5.41, 5.74) is 5.98. The van der Waals surface area contributed by atoms with Gasteiger partial charge in [-0.25, -0.2) is 0 Å². The molecule has 0 spiro atoms. The van der Waals surface area contributed by atoms with Gasteiger partial charge in [0.25, 0.3) is 0 Å². The van der Waals surface area contributed by atoms with Gasteiger partial charge < -0.3 is 20.8 Å². The molecule has 0 radical (unpaired) electrons. The lowest BCUT2D eigenvalue weighted by Crippen LogP contribution is -2.74. The SMILES string of the molecule is CN(C)c1cc(-c2ccc(C(C)(C)C)cc2)c(O)c2c1C[C@H]1C[C@H]3[C@H](N(C)C)C(=O)C(C(N)=O)C(=O)[C@@]3(O)C(=O)C1C2=O. The lowest BCUT2D eigenvalue weighted by molar-refractivity contribution is -0.181. The average molecular weight is 590 g/mol. The molecule has 0 aliphatic heterocycles. The van der Waals surface area contributed by atoms with Crippen molar-refractivity contribution in [2.75, 3.05) is 33.1 Å². The van der Waals surface area contributed by atoms with Crippen LogP contribution >= 0.6 is 0 Å². The fourth-order valence-electron chi connectivity index (χ4n) is 7.42. The van der Waals surface area contributed by atoms with Gasteiger partial charge in [0, 0.05) is 31.3 Å². The van der Waals surface area contributed by atoms with Gasteiger partial charge in [0.05, 0.1) is 17.5 Å². The van der Waals surface area contributed by atoms with Crippen LogP contribution in [0, 0.1) is 23.7 Å². The number of aromatic hydroxyl groups is 1. The van der Waals surface area contributed by atoms with E-state index in [9.17, 15) is 34.2 Å². The number of benzene rings is 2. The van der Waals surface area contributed by atoms with Gasteiger partial charge in [0.2, 0.25) is 5.91 Å². The first kappa shape index (κ1) is 30.6. The molecular weight excluding hydrogens is 550 g/mol. The second-order valence-corrected chi connectivity index (χ2v) is 13.7. The van der Waals surface area contributed by atoms with E-state index in [0.717, 1.165) is 5.56 Å². The van der Waals surface area contributed by atoms with E-state index in [1.165, 1.54) is 4.90 Å². The zero-order valence-corrected chi connectivity index (χ0v) is 25.6. The Hall–Kier alpha value is -3.89. The van der Waals surface area contributed by atoms with Gasteiger partial charge in [-0.2, -0.15) is 0 Å². The maximum Gasteiger partial charge on any atom is 0.235 e. The Morgan fingerprint density at radius 3 is 2.12 bits per heavy atom. The molecule has 0 saturated heterocycles. The van der Waals surface area contributed by atoms with Crippen molar-refractivity contribution in [3.63, 3.8) is 0 Å². The predicted molar refractivity (Wildman–Crippen MR) is 160 cm³/mol. The van der Waals surface area contributed by atoms with Crippen LogP contribution < -0.4 is 10.6 Å². The average Bonchev–Trinajstić information content (AvgIpc) is 2.90. The fraction of sp³-hybridized carbons (Fsp3) is 0.485. The summed E-state index contributed by atoms with van der Waals surface area (Å²) in [6.07, 6.45) is 0.212. The Labute approximate surface area is 250 Å². The monoisotopic (exact) mass is 589 g/mol. The summed E-state index contributed by atoms with van der Waals surface area (Å²) in [6.45, 7) is 6.28. The van der Waals surface area contributed by atoms with E-state index in [-0.39, 0.29) is 29.6 Å². The van der Waals surface area contributed by atoms with Crippen LogP contribution in [-0.2, 0) is 31.0 Å². The molecule has 2 saturated carbocycles. The molecule has 3 aliphatic rings. The zero-order chi connectivity index (χ0) is 31.9. The van der Waals surface area contributed by atoms with Crippen LogP contribution in [0.25, 0.3) is 11.1 Å². The smallest absolute Gasteiger partial charge is 0.235 e. The van der Waals surface area contributed by atoms with Crippen molar-refractivity contribution in [3.8, 4) is 16.9 Å². The second kappa shape index (κ2) is 10.1. The molecule has 2 unspecified atom stereocenters. The van der Waals surface area contributed by atoms with Gasteiger partial charge in [0.15, 0.2) is 34.7 Å². The number of ketones is 4. The minimum absolute atomic E-state index is 0.00748. The number of Topliss-reactive ketones (excluding diaryl/α,β-unsaturated/α-hetero) is 4. The number of hydrogen-bond donors (Lipinski definition) is 3. The number of nitrogens with two attached hydrogens (primary N) is 1. The van der Waals surface area contributed by atoms with E-state index in [1.807, 2.05) is 49.3 Å². The third-order valence-corrected chi connectivity index (χ3v) is 9.58. The number of nitrogens with zero attached hydrogens (tertiary/aromatic N) is 2. The lowest BCUT2D eigenvalue weighted by atomic mass is 9.52. The molecule has 0 heterocycles. The van der Waals surface area contributed by atoms with Crippen molar-refractivity contribution >= 4 is 34.7 Å². The molecule has 5 rings (SSSR count). The Balaban J connectivity index is 1.66. The number of hydrogen-bond acceptors (Lipinski definition) is 9. The number of phenolic OH excluding ortho intramolecular Hbond substituents is 1. The molecule has 1 amide bonds. The quantitative estimate of drug-likeness (QED) is 0.453. The number of carbonyl (C=O) groups is 5. The third kappa shape index (κ3) is 4.41. The molecule has 228 valence electrons. The van der Waals surface area contributed by atoms with Crippen LogP contribution in [0.1, 0.15) is 48.7 Å². The Kier molecular flexibility index (Phi) is 7.17. The molecule has 10 heteroatoms. The van der Waals surface area contributed by atoms with Crippen LogP contribution in [0.4, 0.5) is 5.69 Å². The first-order valence-corrected chi connectivity index (χ1v) is 14.4. The number of rotatable bonds is 4. The van der Waals surface area contributed by atoms with Crippen molar-refractivity contribution in [2.45, 2.75) is 50.7 Å². The van der Waals surface area contributed by atoms with Crippen LogP contribution in [0.15, 0.2) is 30.3 Å². The van der Waals surface area contributed by atoms with Crippen LogP contribution in [0.3, 0.4) is 0 Å². The summed E-state index contributed by atoms with van der Waals surface area (Å²) in [4.78, 5) is 70.7. The van der Waals surface area contributed by atoms with E-state index in [0.29, 0.717) is 22.4 Å². The van der Waals surface area contributed by atoms with Crippen LogP contribution in [0.5, 0.6) is 5.75 Å². The Morgan fingerprint density at radius 2 is 1.60 bits per heavy atom. The largest absolute Gasteiger partial charge is 0.507 e. The van der Waals surface area contributed by atoms with E-state index in [4.69, 9.17) is 5.73 Å².